The van der Waals surface area contributed by atoms with Crippen molar-refractivity contribution in [3.8, 4) is 11.3 Å². The van der Waals surface area contributed by atoms with E-state index in [0.29, 0.717) is 12.4 Å². The zero-order valence-corrected chi connectivity index (χ0v) is 22.4. The molecule has 0 aliphatic carbocycles. The predicted molar refractivity (Wildman–Crippen MR) is 136 cm³/mol. The summed E-state index contributed by atoms with van der Waals surface area (Å²) < 4.78 is 17.9. The van der Waals surface area contributed by atoms with Gasteiger partial charge in [-0.2, -0.15) is 0 Å². The molecule has 1 aliphatic rings. The molecule has 1 aromatic heterocycles. The Morgan fingerprint density at radius 2 is 1.65 bits per heavy atom. The molecule has 0 bridgehead atoms. The van der Waals surface area contributed by atoms with E-state index in [-0.39, 0.29) is 29.3 Å². The maximum Gasteiger partial charge on any atom is 0.494 e. The summed E-state index contributed by atoms with van der Waals surface area (Å²) in [6.45, 7) is 20.4. The molecule has 1 aliphatic heterocycles. The van der Waals surface area contributed by atoms with Crippen LogP contribution in [0.4, 0.5) is 4.79 Å². The number of aromatic amines is 1. The number of imidazole rings is 1. The van der Waals surface area contributed by atoms with Crippen molar-refractivity contribution in [1.29, 1.82) is 0 Å². The molecule has 0 spiro atoms. The lowest BCUT2D eigenvalue weighted by Crippen LogP contribution is -2.44. The number of benzene rings is 1. The SMILES string of the molecule is CC(C)[C@@H](C)N(Cc1ncc(-c2ccc(B3OC(C)(C)C(C)(C)O3)cc2)[nH]1)C(=O)OC(C)(C)C. The van der Waals surface area contributed by atoms with Gasteiger partial charge in [0.15, 0.2) is 0 Å². The fraction of sp³-hybridized carbons (Fsp3) is 0.615. The van der Waals surface area contributed by atoms with Crippen LogP contribution in [0.1, 0.15) is 75.1 Å². The van der Waals surface area contributed by atoms with E-state index in [9.17, 15) is 4.79 Å². The number of nitrogens with one attached hydrogen (secondary N) is 1. The zero-order chi connectivity index (χ0) is 25.5. The average molecular weight is 469 g/mol. The second-order valence-corrected chi connectivity index (χ2v) is 11.5. The minimum Gasteiger partial charge on any atom is -0.444 e. The summed E-state index contributed by atoms with van der Waals surface area (Å²) >= 11 is 0. The first-order chi connectivity index (χ1) is 15.6. The normalized spacial score (nSPS) is 18.3. The van der Waals surface area contributed by atoms with Crippen molar-refractivity contribution in [1.82, 2.24) is 14.9 Å². The summed E-state index contributed by atoms with van der Waals surface area (Å²) in [6.07, 6.45) is 1.46. The molecule has 2 aromatic rings. The third-order valence-electron chi connectivity index (χ3n) is 6.78. The predicted octanol–water partition coefficient (Wildman–Crippen LogP) is 5.16. The van der Waals surface area contributed by atoms with Gasteiger partial charge < -0.3 is 19.0 Å². The Hall–Kier alpha value is -2.32. The van der Waals surface area contributed by atoms with Gasteiger partial charge in [-0.1, -0.05) is 38.1 Å². The van der Waals surface area contributed by atoms with Gasteiger partial charge in [0.2, 0.25) is 0 Å². The first kappa shape index (κ1) is 26.3. The van der Waals surface area contributed by atoms with Crippen molar-refractivity contribution >= 4 is 18.7 Å². The van der Waals surface area contributed by atoms with Crippen LogP contribution in [0.15, 0.2) is 30.5 Å². The van der Waals surface area contributed by atoms with E-state index in [1.807, 2.05) is 79.7 Å². The van der Waals surface area contributed by atoms with Crippen LogP contribution in [0.25, 0.3) is 11.3 Å². The number of carbonyl (C=O) groups excluding carboxylic acids is 1. The number of hydrogen-bond acceptors (Lipinski definition) is 5. The van der Waals surface area contributed by atoms with Crippen molar-refractivity contribution in [2.24, 2.45) is 5.92 Å². The van der Waals surface area contributed by atoms with Gasteiger partial charge in [0, 0.05) is 6.04 Å². The number of rotatable bonds is 6. The van der Waals surface area contributed by atoms with Gasteiger partial charge in [0.1, 0.15) is 11.4 Å². The molecule has 34 heavy (non-hydrogen) atoms. The van der Waals surface area contributed by atoms with E-state index < -0.39 is 12.7 Å². The van der Waals surface area contributed by atoms with Crippen molar-refractivity contribution < 1.29 is 18.8 Å². The molecule has 0 saturated carbocycles. The highest BCUT2D eigenvalue weighted by Gasteiger charge is 2.51. The Labute approximate surface area is 204 Å². The molecule has 3 rings (SSSR count). The second-order valence-electron chi connectivity index (χ2n) is 11.5. The lowest BCUT2D eigenvalue weighted by Gasteiger charge is -2.33. The van der Waals surface area contributed by atoms with Gasteiger partial charge >= 0.3 is 13.2 Å². The second kappa shape index (κ2) is 9.38. The third kappa shape index (κ3) is 5.84. The summed E-state index contributed by atoms with van der Waals surface area (Å²) in [5, 5.41) is 0. The quantitative estimate of drug-likeness (QED) is 0.592. The molecule has 1 fully saturated rings. The van der Waals surface area contributed by atoms with Crippen molar-refractivity contribution in [2.75, 3.05) is 0 Å². The van der Waals surface area contributed by atoms with Crippen LogP contribution in [0.2, 0.25) is 0 Å². The van der Waals surface area contributed by atoms with Crippen LogP contribution in [-0.2, 0) is 20.6 Å². The Morgan fingerprint density at radius 1 is 1.09 bits per heavy atom. The van der Waals surface area contributed by atoms with E-state index >= 15 is 0 Å². The number of H-pyrrole nitrogens is 1. The summed E-state index contributed by atoms with van der Waals surface area (Å²) in [5.74, 6) is 0.993. The maximum absolute atomic E-state index is 12.9. The largest absolute Gasteiger partial charge is 0.494 e. The average Bonchev–Trinajstić information content (AvgIpc) is 3.26. The molecule has 1 N–H and O–H groups in total. The molecule has 1 atom stereocenters. The van der Waals surface area contributed by atoms with E-state index in [2.05, 4.69) is 23.8 Å². The van der Waals surface area contributed by atoms with Gasteiger partial charge in [-0.25, -0.2) is 9.78 Å². The molecular weight excluding hydrogens is 429 g/mol. The van der Waals surface area contributed by atoms with E-state index in [4.69, 9.17) is 14.0 Å². The van der Waals surface area contributed by atoms with Crippen molar-refractivity contribution in [2.45, 2.75) is 98.6 Å². The van der Waals surface area contributed by atoms with Gasteiger partial charge in [-0.3, -0.25) is 4.90 Å². The van der Waals surface area contributed by atoms with E-state index in [1.54, 1.807) is 11.1 Å². The minimum absolute atomic E-state index is 0.00240. The summed E-state index contributed by atoms with van der Waals surface area (Å²) in [7, 11) is -0.392. The zero-order valence-electron chi connectivity index (χ0n) is 22.4. The monoisotopic (exact) mass is 469 g/mol. The van der Waals surface area contributed by atoms with Crippen LogP contribution in [0.5, 0.6) is 0 Å². The van der Waals surface area contributed by atoms with E-state index in [1.165, 1.54) is 0 Å². The fourth-order valence-corrected chi connectivity index (χ4v) is 3.61. The van der Waals surface area contributed by atoms with E-state index in [0.717, 1.165) is 16.7 Å². The maximum atomic E-state index is 12.9. The third-order valence-corrected chi connectivity index (χ3v) is 6.78. The summed E-state index contributed by atoms with van der Waals surface area (Å²) in [6, 6.07) is 8.10. The van der Waals surface area contributed by atoms with Gasteiger partial charge in [-0.05, 0) is 72.3 Å². The highest BCUT2D eigenvalue weighted by atomic mass is 16.7. The molecule has 1 aromatic carbocycles. The van der Waals surface area contributed by atoms with Crippen LogP contribution < -0.4 is 5.46 Å². The smallest absolute Gasteiger partial charge is 0.444 e. The van der Waals surface area contributed by atoms with Gasteiger partial charge in [0.05, 0.1) is 29.6 Å². The van der Waals surface area contributed by atoms with Crippen molar-refractivity contribution in [3.63, 3.8) is 0 Å². The molecule has 0 radical (unpaired) electrons. The first-order valence-corrected chi connectivity index (χ1v) is 12.1. The number of ether oxygens (including phenoxy) is 1. The molecular formula is C26H40BN3O4. The Morgan fingerprint density at radius 3 is 2.15 bits per heavy atom. The Balaban J connectivity index is 1.74. The number of carbonyl (C=O) groups is 1. The number of aromatic nitrogens is 2. The molecule has 8 heteroatoms. The lowest BCUT2D eigenvalue weighted by atomic mass is 9.79. The number of nitrogens with zero attached hydrogens (tertiary/aromatic N) is 2. The molecule has 0 unspecified atom stereocenters. The topological polar surface area (TPSA) is 76.7 Å². The van der Waals surface area contributed by atoms with Crippen LogP contribution in [-0.4, -0.2) is 50.9 Å². The minimum atomic E-state index is -0.556. The highest BCUT2D eigenvalue weighted by molar-refractivity contribution is 6.62. The summed E-state index contributed by atoms with van der Waals surface area (Å²) in [4.78, 5) is 22.5. The van der Waals surface area contributed by atoms with Gasteiger partial charge in [-0.15, -0.1) is 0 Å². The molecule has 2 heterocycles. The molecule has 1 amide bonds. The standard InChI is InChI=1S/C26H40BN3O4/c1-17(2)18(3)30(23(31)32-24(4,5)6)16-22-28-15-21(29-22)19-11-13-20(14-12-19)27-33-25(7,8)26(9,10)34-27/h11-15,17-18H,16H2,1-10H3,(H,28,29)/t18-/m1/s1. The highest BCUT2D eigenvalue weighted by Crippen LogP contribution is 2.36. The van der Waals surface area contributed by atoms with Crippen molar-refractivity contribution in [3.05, 3.63) is 36.3 Å². The Kier molecular flexibility index (Phi) is 7.26. The Bertz CT molecular complexity index is 976. The van der Waals surface area contributed by atoms with Crippen LogP contribution in [0.3, 0.4) is 0 Å². The molecule has 7 nitrogen and oxygen atoms in total. The number of hydrogen-bond donors (Lipinski definition) is 1. The summed E-state index contributed by atoms with van der Waals surface area (Å²) in [5.41, 5.74) is 1.56. The fourth-order valence-electron chi connectivity index (χ4n) is 3.61. The van der Waals surface area contributed by atoms with Crippen LogP contribution in [0, 0.1) is 5.92 Å². The molecule has 186 valence electrons. The number of amides is 1. The van der Waals surface area contributed by atoms with Crippen LogP contribution >= 0.6 is 0 Å². The molecule has 1 saturated heterocycles. The first-order valence-electron chi connectivity index (χ1n) is 12.1. The lowest BCUT2D eigenvalue weighted by molar-refractivity contribution is 0.00578. The van der Waals surface area contributed by atoms with Gasteiger partial charge in [0.25, 0.3) is 0 Å².